The minimum atomic E-state index is -0.334. The highest BCUT2D eigenvalue weighted by atomic mass is 16.3. The van der Waals surface area contributed by atoms with Gasteiger partial charge < -0.3 is 15.7 Å². The lowest BCUT2D eigenvalue weighted by atomic mass is 10.4. The number of aliphatic hydroxyl groups is 1. The Hall–Kier alpha value is -1.80. The molecule has 0 aliphatic carbocycles. The van der Waals surface area contributed by atoms with Crippen molar-refractivity contribution in [2.45, 2.75) is 13.0 Å². The summed E-state index contributed by atoms with van der Waals surface area (Å²) in [7, 11) is 0. The fourth-order valence-electron chi connectivity index (χ4n) is 1.39. The van der Waals surface area contributed by atoms with Crippen LogP contribution < -0.4 is 10.6 Å². The third kappa shape index (κ3) is 3.08. The number of anilines is 1. The maximum Gasteiger partial charge on any atom is 0.199 e. The standard InChI is InChI=1S/C9H15N7O/c1-7(17)4-10-2-3-12-8-5-11-6-9-13-14-15-16(8)9/h5-7,10,12,17H,2-4H2,1H3. The zero-order valence-corrected chi connectivity index (χ0v) is 9.54. The molecule has 0 bridgehead atoms. The molecule has 0 aromatic carbocycles. The lowest BCUT2D eigenvalue weighted by Crippen LogP contribution is -2.29. The summed E-state index contributed by atoms with van der Waals surface area (Å²) >= 11 is 0. The highest BCUT2D eigenvalue weighted by Crippen LogP contribution is 2.04. The smallest absolute Gasteiger partial charge is 0.199 e. The van der Waals surface area contributed by atoms with Gasteiger partial charge in [-0.3, -0.25) is 4.98 Å². The Morgan fingerprint density at radius 2 is 2.29 bits per heavy atom. The Morgan fingerprint density at radius 1 is 1.41 bits per heavy atom. The Labute approximate surface area is 98.1 Å². The lowest BCUT2D eigenvalue weighted by molar-refractivity contribution is 0.192. The van der Waals surface area contributed by atoms with Gasteiger partial charge in [-0.15, -0.1) is 5.10 Å². The second kappa shape index (κ2) is 5.51. The number of tetrazole rings is 1. The second-order valence-corrected chi connectivity index (χ2v) is 3.72. The van der Waals surface area contributed by atoms with Crippen LogP contribution in [0.15, 0.2) is 12.4 Å². The zero-order chi connectivity index (χ0) is 12.1. The average Bonchev–Trinajstić information content (AvgIpc) is 2.77. The molecule has 0 fully saturated rings. The summed E-state index contributed by atoms with van der Waals surface area (Å²) in [6, 6.07) is 0. The van der Waals surface area contributed by atoms with Crippen molar-refractivity contribution >= 4 is 11.5 Å². The van der Waals surface area contributed by atoms with E-state index in [2.05, 4.69) is 31.1 Å². The van der Waals surface area contributed by atoms with E-state index in [9.17, 15) is 0 Å². The molecule has 3 N–H and O–H groups in total. The Kier molecular flexibility index (Phi) is 3.78. The number of nitrogens with zero attached hydrogens (tertiary/aromatic N) is 5. The van der Waals surface area contributed by atoms with Crippen molar-refractivity contribution in [2.75, 3.05) is 25.0 Å². The predicted molar refractivity (Wildman–Crippen MR) is 61.6 cm³/mol. The van der Waals surface area contributed by atoms with Crippen LogP contribution in [0.2, 0.25) is 0 Å². The minimum Gasteiger partial charge on any atom is -0.392 e. The topological polar surface area (TPSA) is 100 Å². The predicted octanol–water partition coefficient (Wildman–Crippen LogP) is -1.10. The maximum absolute atomic E-state index is 9.06. The Morgan fingerprint density at radius 3 is 3.12 bits per heavy atom. The van der Waals surface area contributed by atoms with E-state index in [1.165, 1.54) is 0 Å². The SMILES string of the molecule is CC(O)CNCCNc1cncc2nnnn12. The van der Waals surface area contributed by atoms with Crippen molar-refractivity contribution in [2.24, 2.45) is 0 Å². The average molecular weight is 237 g/mol. The molecule has 1 unspecified atom stereocenters. The Balaban J connectivity index is 1.84. The van der Waals surface area contributed by atoms with Crippen molar-refractivity contribution in [1.29, 1.82) is 0 Å². The summed E-state index contributed by atoms with van der Waals surface area (Å²) in [6.07, 6.45) is 2.93. The van der Waals surface area contributed by atoms with Crippen molar-refractivity contribution in [1.82, 2.24) is 30.3 Å². The van der Waals surface area contributed by atoms with E-state index in [0.717, 1.165) is 12.4 Å². The molecule has 2 heterocycles. The molecule has 0 aliphatic heterocycles. The van der Waals surface area contributed by atoms with Crippen LogP contribution in [0.1, 0.15) is 6.92 Å². The molecule has 8 heteroatoms. The van der Waals surface area contributed by atoms with E-state index in [0.29, 0.717) is 18.7 Å². The molecule has 2 aromatic rings. The van der Waals surface area contributed by atoms with Gasteiger partial charge in [0.25, 0.3) is 0 Å². The zero-order valence-electron chi connectivity index (χ0n) is 9.54. The summed E-state index contributed by atoms with van der Waals surface area (Å²) in [4.78, 5) is 4.03. The van der Waals surface area contributed by atoms with Crippen LogP contribution in [-0.4, -0.2) is 55.9 Å². The number of aromatic nitrogens is 5. The number of rotatable bonds is 6. The number of hydrogen-bond acceptors (Lipinski definition) is 7. The van der Waals surface area contributed by atoms with Crippen LogP contribution in [0.5, 0.6) is 0 Å². The van der Waals surface area contributed by atoms with E-state index in [1.54, 1.807) is 23.8 Å². The molecule has 0 saturated heterocycles. The van der Waals surface area contributed by atoms with Crippen molar-refractivity contribution < 1.29 is 5.11 Å². The molecule has 17 heavy (non-hydrogen) atoms. The van der Waals surface area contributed by atoms with E-state index >= 15 is 0 Å². The van der Waals surface area contributed by atoms with Crippen LogP contribution in [0.25, 0.3) is 5.65 Å². The normalized spacial score (nSPS) is 12.8. The number of nitrogens with one attached hydrogen (secondary N) is 2. The first kappa shape index (κ1) is 11.7. The van der Waals surface area contributed by atoms with Crippen molar-refractivity contribution in [3.8, 4) is 0 Å². The molecule has 0 aliphatic rings. The summed E-state index contributed by atoms with van der Waals surface area (Å²) in [5.41, 5.74) is 0.604. The molecule has 2 rings (SSSR count). The Bertz CT molecular complexity index is 469. The first-order chi connectivity index (χ1) is 8.27. The molecule has 0 amide bonds. The summed E-state index contributed by atoms with van der Waals surface area (Å²) in [6.45, 7) is 3.76. The lowest BCUT2D eigenvalue weighted by Gasteiger charge is -2.08. The molecular formula is C9H15N7O. The first-order valence-electron chi connectivity index (χ1n) is 5.42. The highest BCUT2D eigenvalue weighted by Gasteiger charge is 2.02. The van der Waals surface area contributed by atoms with Crippen LogP contribution in [0.4, 0.5) is 5.82 Å². The fourth-order valence-corrected chi connectivity index (χ4v) is 1.39. The van der Waals surface area contributed by atoms with Crippen LogP contribution in [0.3, 0.4) is 0 Å². The van der Waals surface area contributed by atoms with Gasteiger partial charge in [0.15, 0.2) is 5.65 Å². The summed E-state index contributed by atoms with van der Waals surface area (Å²) in [5, 5.41) is 26.5. The number of fused-ring (bicyclic) bond motifs is 1. The minimum absolute atomic E-state index is 0.334. The van der Waals surface area contributed by atoms with Crippen LogP contribution >= 0.6 is 0 Å². The molecule has 92 valence electrons. The molecule has 1 atom stereocenters. The fraction of sp³-hybridized carbons (Fsp3) is 0.556. The van der Waals surface area contributed by atoms with E-state index < -0.39 is 0 Å². The quantitative estimate of drug-likeness (QED) is 0.548. The van der Waals surface area contributed by atoms with E-state index in [1.807, 2.05) is 0 Å². The van der Waals surface area contributed by atoms with Crippen LogP contribution in [-0.2, 0) is 0 Å². The van der Waals surface area contributed by atoms with Gasteiger partial charge in [0, 0.05) is 19.6 Å². The van der Waals surface area contributed by atoms with Gasteiger partial charge >= 0.3 is 0 Å². The third-order valence-corrected chi connectivity index (χ3v) is 2.16. The molecule has 0 spiro atoms. The second-order valence-electron chi connectivity index (χ2n) is 3.72. The van der Waals surface area contributed by atoms with E-state index in [-0.39, 0.29) is 6.10 Å². The first-order valence-corrected chi connectivity index (χ1v) is 5.42. The number of hydrogen-bond donors (Lipinski definition) is 3. The maximum atomic E-state index is 9.06. The van der Waals surface area contributed by atoms with Crippen LogP contribution in [0, 0.1) is 0 Å². The van der Waals surface area contributed by atoms with Gasteiger partial charge in [0.05, 0.1) is 18.5 Å². The van der Waals surface area contributed by atoms with Gasteiger partial charge in [-0.05, 0) is 17.4 Å². The van der Waals surface area contributed by atoms with Gasteiger partial charge in [-0.2, -0.15) is 4.52 Å². The monoisotopic (exact) mass is 237 g/mol. The van der Waals surface area contributed by atoms with Gasteiger partial charge in [-0.1, -0.05) is 0 Å². The third-order valence-electron chi connectivity index (χ3n) is 2.16. The number of aliphatic hydroxyl groups excluding tert-OH is 1. The molecule has 8 nitrogen and oxygen atoms in total. The van der Waals surface area contributed by atoms with Gasteiger partial charge in [0.1, 0.15) is 5.82 Å². The van der Waals surface area contributed by atoms with Crippen molar-refractivity contribution in [3.63, 3.8) is 0 Å². The highest BCUT2D eigenvalue weighted by molar-refractivity contribution is 5.43. The van der Waals surface area contributed by atoms with E-state index in [4.69, 9.17) is 5.11 Å². The van der Waals surface area contributed by atoms with Gasteiger partial charge in [-0.25, -0.2) is 0 Å². The largest absolute Gasteiger partial charge is 0.392 e. The molecule has 0 saturated carbocycles. The molecular weight excluding hydrogens is 222 g/mol. The molecule has 0 radical (unpaired) electrons. The van der Waals surface area contributed by atoms with Crippen molar-refractivity contribution in [3.05, 3.63) is 12.4 Å². The molecule has 2 aromatic heterocycles. The summed E-state index contributed by atoms with van der Waals surface area (Å²) in [5.74, 6) is 0.742. The van der Waals surface area contributed by atoms with Gasteiger partial charge in [0.2, 0.25) is 0 Å². The summed E-state index contributed by atoms with van der Waals surface area (Å²) < 4.78 is 1.58.